The minimum Gasteiger partial charge on any atom is -0.379 e. The summed E-state index contributed by atoms with van der Waals surface area (Å²) in [5, 5.41) is 1.39. The first kappa shape index (κ1) is 22.3. The van der Waals surface area contributed by atoms with Crippen molar-refractivity contribution < 1.29 is 9.13 Å². The lowest BCUT2D eigenvalue weighted by atomic mass is 10.2. The van der Waals surface area contributed by atoms with E-state index in [0.717, 1.165) is 61.4 Å². The topological polar surface area (TPSA) is 47.4 Å². The zero-order valence-electron chi connectivity index (χ0n) is 17.3. The van der Waals surface area contributed by atoms with Gasteiger partial charge in [-0.05, 0) is 30.7 Å². The van der Waals surface area contributed by atoms with Crippen molar-refractivity contribution in [3.8, 4) is 0 Å². The van der Waals surface area contributed by atoms with Crippen molar-refractivity contribution in [2.75, 3.05) is 44.4 Å². The molecule has 0 amide bonds. The van der Waals surface area contributed by atoms with Gasteiger partial charge in [0.1, 0.15) is 5.82 Å². The first-order chi connectivity index (χ1) is 15.2. The van der Waals surface area contributed by atoms with Crippen molar-refractivity contribution in [3.63, 3.8) is 0 Å². The van der Waals surface area contributed by atoms with Crippen LogP contribution in [0.25, 0.3) is 10.9 Å². The molecule has 0 spiro atoms. The van der Waals surface area contributed by atoms with E-state index in [-0.39, 0.29) is 11.4 Å². The van der Waals surface area contributed by atoms with E-state index >= 15 is 0 Å². The summed E-state index contributed by atoms with van der Waals surface area (Å²) in [5.41, 5.74) is 0.734. The number of aromatic nitrogens is 2. The molecule has 8 heteroatoms. The van der Waals surface area contributed by atoms with E-state index < -0.39 is 0 Å². The molecule has 1 fully saturated rings. The molecular formula is C23H26FN3O2S2. The maximum atomic E-state index is 13.8. The smallest absolute Gasteiger partial charge is 0.262 e. The van der Waals surface area contributed by atoms with Gasteiger partial charge in [0.15, 0.2) is 5.16 Å². The second-order valence-corrected chi connectivity index (χ2v) is 9.50. The number of fused-ring (bicyclic) bond motifs is 1. The summed E-state index contributed by atoms with van der Waals surface area (Å²) in [6.45, 7) is 5.02. The molecule has 1 saturated heterocycles. The molecule has 5 nitrogen and oxygen atoms in total. The van der Waals surface area contributed by atoms with Gasteiger partial charge >= 0.3 is 0 Å². The Morgan fingerprint density at radius 1 is 0.968 bits per heavy atom. The zero-order chi connectivity index (χ0) is 21.5. The van der Waals surface area contributed by atoms with Gasteiger partial charge in [-0.1, -0.05) is 36.0 Å². The quantitative estimate of drug-likeness (QED) is 0.272. The Labute approximate surface area is 190 Å². The molecule has 0 radical (unpaired) electrons. The third-order valence-electron chi connectivity index (χ3n) is 5.20. The zero-order valence-corrected chi connectivity index (χ0v) is 19.0. The number of hydrogen-bond donors (Lipinski definition) is 0. The fourth-order valence-electron chi connectivity index (χ4n) is 3.58. The number of benzene rings is 2. The molecule has 0 atom stereocenters. The predicted molar refractivity (Wildman–Crippen MR) is 126 cm³/mol. The third-order valence-corrected chi connectivity index (χ3v) is 7.48. The molecule has 3 aromatic rings. The number of nitrogens with zero attached hydrogens (tertiary/aromatic N) is 3. The van der Waals surface area contributed by atoms with Crippen LogP contribution in [0.1, 0.15) is 6.42 Å². The van der Waals surface area contributed by atoms with Crippen molar-refractivity contribution in [1.29, 1.82) is 0 Å². The van der Waals surface area contributed by atoms with Gasteiger partial charge in [-0.15, -0.1) is 11.8 Å². The number of para-hydroxylation sites is 1. The molecule has 1 aromatic heterocycles. The van der Waals surface area contributed by atoms with E-state index in [1.54, 1.807) is 28.5 Å². The number of thioether (sulfide) groups is 2. The Morgan fingerprint density at radius 2 is 1.71 bits per heavy atom. The third kappa shape index (κ3) is 5.88. The second-order valence-electron chi connectivity index (χ2n) is 7.30. The highest BCUT2D eigenvalue weighted by Gasteiger charge is 2.14. The maximum Gasteiger partial charge on any atom is 0.262 e. The SMILES string of the molecule is O=c1c2ccccc2nc(SCCSc2ccccc2F)n1CCCN1CCOCC1. The van der Waals surface area contributed by atoms with Crippen LogP contribution in [0.3, 0.4) is 0 Å². The Morgan fingerprint density at radius 3 is 2.55 bits per heavy atom. The fourth-order valence-corrected chi connectivity index (χ4v) is 5.52. The van der Waals surface area contributed by atoms with Gasteiger partial charge in [0.05, 0.1) is 24.1 Å². The van der Waals surface area contributed by atoms with Crippen LogP contribution in [0, 0.1) is 5.82 Å². The molecule has 0 aliphatic carbocycles. The van der Waals surface area contributed by atoms with Gasteiger partial charge in [0.25, 0.3) is 5.56 Å². The van der Waals surface area contributed by atoms with E-state index in [1.165, 1.54) is 17.8 Å². The summed E-state index contributed by atoms with van der Waals surface area (Å²) in [6.07, 6.45) is 0.886. The van der Waals surface area contributed by atoms with Gasteiger partial charge in [-0.25, -0.2) is 9.37 Å². The van der Waals surface area contributed by atoms with Crippen molar-refractivity contribution in [2.45, 2.75) is 23.0 Å². The normalized spacial score (nSPS) is 14.9. The van der Waals surface area contributed by atoms with Crippen molar-refractivity contribution in [2.24, 2.45) is 0 Å². The molecule has 164 valence electrons. The van der Waals surface area contributed by atoms with Crippen LogP contribution in [0.4, 0.5) is 4.39 Å². The Hall–Kier alpha value is -1.87. The summed E-state index contributed by atoms with van der Waals surface area (Å²) >= 11 is 3.05. The first-order valence-corrected chi connectivity index (χ1v) is 12.5. The monoisotopic (exact) mass is 459 g/mol. The van der Waals surface area contributed by atoms with Crippen LogP contribution < -0.4 is 5.56 Å². The molecule has 2 aromatic carbocycles. The number of morpholine rings is 1. The van der Waals surface area contributed by atoms with Crippen LogP contribution in [0.5, 0.6) is 0 Å². The van der Waals surface area contributed by atoms with Gasteiger partial charge in [-0.3, -0.25) is 14.3 Å². The van der Waals surface area contributed by atoms with Crippen LogP contribution >= 0.6 is 23.5 Å². The van der Waals surface area contributed by atoms with Gasteiger partial charge in [0.2, 0.25) is 0 Å². The van der Waals surface area contributed by atoms with Crippen LogP contribution in [-0.4, -0.2) is 58.8 Å². The molecule has 1 aliphatic heterocycles. The van der Waals surface area contributed by atoms with E-state index in [9.17, 15) is 9.18 Å². The average Bonchev–Trinajstić information content (AvgIpc) is 2.80. The number of rotatable bonds is 9. The van der Waals surface area contributed by atoms with Gasteiger partial charge < -0.3 is 4.74 Å². The molecule has 2 heterocycles. The van der Waals surface area contributed by atoms with E-state index in [4.69, 9.17) is 9.72 Å². The molecule has 1 aliphatic rings. The van der Waals surface area contributed by atoms with E-state index in [2.05, 4.69) is 4.90 Å². The highest BCUT2D eigenvalue weighted by molar-refractivity contribution is 8.02. The molecule has 31 heavy (non-hydrogen) atoms. The molecule has 0 bridgehead atoms. The van der Waals surface area contributed by atoms with Crippen molar-refractivity contribution in [3.05, 3.63) is 64.7 Å². The summed E-state index contributed by atoms with van der Waals surface area (Å²) in [5.74, 6) is 1.29. The lowest BCUT2D eigenvalue weighted by Gasteiger charge is -2.26. The highest BCUT2D eigenvalue weighted by Crippen LogP contribution is 2.24. The van der Waals surface area contributed by atoms with E-state index in [0.29, 0.717) is 16.8 Å². The maximum absolute atomic E-state index is 13.8. The minimum atomic E-state index is -0.193. The molecule has 0 N–H and O–H groups in total. The number of halogens is 1. The van der Waals surface area contributed by atoms with Crippen LogP contribution in [-0.2, 0) is 11.3 Å². The second kappa shape index (κ2) is 11.1. The lowest BCUT2D eigenvalue weighted by Crippen LogP contribution is -2.37. The molecule has 4 rings (SSSR count). The van der Waals surface area contributed by atoms with Gasteiger partial charge in [-0.2, -0.15) is 0 Å². The molecule has 0 unspecified atom stereocenters. The summed E-state index contributed by atoms with van der Waals surface area (Å²) in [4.78, 5) is 21.0. The Balaban J connectivity index is 1.44. The largest absolute Gasteiger partial charge is 0.379 e. The van der Waals surface area contributed by atoms with Crippen molar-refractivity contribution >= 4 is 34.4 Å². The standard InChI is InChI=1S/C23H26FN3O2S2/c24-19-7-2-4-9-21(19)30-16-17-31-23-25-20-8-3-1-6-18(20)22(28)27(23)11-5-10-26-12-14-29-15-13-26/h1-4,6-9H,5,10-17H2. The summed E-state index contributed by atoms with van der Waals surface area (Å²) < 4.78 is 21.0. The summed E-state index contributed by atoms with van der Waals surface area (Å²) in [7, 11) is 0. The first-order valence-electron chi connectivity index (χ1n) is 10.5. The highest BCUT2D eigenvalue weighted by atomic mass is 32.2. The minimum absolute atomic E-state index is 0.0110. The van der Waals surface area contributed by atoms with Crippen LogP contribution in [0.15, 0.2) is 63.4 Å². The van der Waals surface area contributed by atoms with Crippen molar-refractivity contribution in [1.82, 2.24) is 14.5 Å². The van der Waals surface area contributed by atoms with Gasteiger partial charge in [0, 0.05) is 42.6 Å². The predicted octanol–water partition coefficient (Wildman–Crippen LogP) is 4.14. The van der Waals surface area contributed by atoms with E-state index in [1.807, 2.05) is 30.3 Å². The molecule has 0 saturated carbocycles. The lowest BCUT2D eigenvalue weighted by molar-refractivity contribution is 0.0368. The molecular weight excluding hydrogens is 433 g/mol. The number of hydrogen-bond acceptors (Lipinski definition) is 6. The van der Waals surface area contributed by atoms with Crippen LogP contribution in [0.2, 0.25) is 0 Å². The Kier molecular flexibility index (Phi) is 8.02. The summed E-state index contributed by atoms with van der Waals surface area (Å²) in [6, 6.07) is 14.3. The Bertz CT molecular complexity index is 1070. The number of ether oxygens (including phenoxy) is 1. The fraction of sp³-hybridized carbons (Fsp3) is 0.391. The average molecular weight is 460 g/mol.